The van der Waals surface area contributed by atoms with Gasteiger partial charge in [0.05, 0.1) is 18.6 Å². The molecule has 136 valence electrons. The van der Waals surface area contributed by atoms with Gasteiger partial charge in [-0.1, -0.05) is 0 Å². The highest BCUT2D eigenvalue weighted by Gasteiger charge is 2.22. The van der Waals surface area contributed by atoms with E-state index in [1.807, 2.05) is 4.90 Å². The minimum Gasteiger partial charge on any atom is -0.490 e. The van der Waals surface area contributed by atoms with Crippen molar-refractivity contribution in [2.75, 3.05) is 45.2 Å². The van der Waals surface area contributed by atoms with Gasteiger partial charge < -0.3 is 15.0 Å². The molecule has 1 aliphatic rings. The summed E-state index contributed by atoms with van der Waals surface area (Å²) in [6, 6.07) is 2.83. The molecule has 0 atom stereocenters. The van der Waals surface area contributed by atoms with E-state index in [9.17, 15) is 19.7 Å². The fraction of sp³-hybridized carbons (Fsp3) is 0.500. The lowest BCUT2D eigenvalue weighted by Crippen LogP contribution is -2.49. The molecule has 1 fully saturated rings. The lowest BCUT2D eigenvalue weighted by Gasteiger charge is -2.33. The van der Waals surface area contributed by atoms with Crippen molar-refractivity contribution in [1.82, 2.24) is 9.80 Å². The van der Waals surface area contributed by atoms with Crippen LogP contribution in [0.1, 0.15) is 12.5 Å². The Balaban J connectivity index is 1.99. The lowest BCUT2D eigenvalue weighted by molar-refractivity contribution is -0.385. The number of hydrogen-bond acceptors (Lipinski definition) is 6. The number of amides is 2. The van der Waals surface area contributed by atoms with E-state index in [-0.39, 0.29) is 29.8 Å². The number of aryl methyl sites for hydroxylation is 1. The monoisotopic (exact) mass is 350 g/mol. The molecule has 0 aromatic heterocycles. The summed E-state index contributed by atoms with van der Waals surface area (Å²) in [5.41, 5.74) is 0.926. The summed E-state index contributed by atoms with van der Waals surface area (Å²) in [6.07, 6.45) is 0. The topological polar surface area (TPSA) is 105 Å². The van der Waals surface area contributed by atoms with Crippen LogP contribution in [0.25, 0.3) is 0 Å². The number of anilines is 1. The Morgan fingerprint density at radius 2 is 1.92 bits per heavy atom. The number of benzene rings is 1. The highest BCUT2D eigenvalue weighted by atomic mass is 16.6. The number of piperazine rings is 1. The van der Waals surface area contributed by atoms with Crippen LogP contribution in [0.5, 0.6) is 5.75 Å². The molecule has 0 saturated carbocycles. The predicted octanol–water partition coefficient (Wildman–Crippen LogP) is 1.01. The molecule has 9 heteroatoms. The first-order chi connectivity index (χ1) is 11.8. The largest absolute Gasteiger partial charge is 0.490 e. The van der Waals surface area contributed by atoms with Crippen LogP contribution in [0, 0.1) is 17.0 Å². The summed E-state index contributed by atoms with van der Waals surface area (Å²) in [6.45, 7) is 5.90. The number of carbonyl (C=O) groups excluding carboxylic acids is 2. The van der Waals surface area contributed by atoms with Crippen LogP contribution in [0.3, 0.4) is 0 Å². The molecule has 2 amide bonds. The normalized spacial score (nSPS) is 14.9. The van der Waals surface area contributed by atoms with Crippen LogP contribution in [0.4, 0.5) is 11.4 Å². The highest BCUT2D eigenvalue weighted by Crippen LogP contribution is 2.32. The van der Waals surface area contributed by atoms with Crippen LogP contribution in [-0.4, -0.2) is 66.4 Å². The zero-order valence-electron chi connectivity index (χ0n) is 14.6. The van der Waals surface area contributed by atoms with Crippen molar-refractivity contribution < 1.29 is 19.2 Å². The number of rotatable bonds is 5. The van der Waals surface area contributed by atoms with E-state index in [0.29, 0.717) is 37.4 Å². The minimum atomic E-state index is -0.522. The van der Waals surface area contributed by atoms with Crippen LogP contribution >= 0.6 is 0 Å². The molecule has 1 aliphatic heterocycles. The van der Waals surface area contributed by atoms with Gasteiger partial charge in [0.15, 0.2) is 5.75 Å². The van der Waals surface area contributed by atoms with Gasteiger partial charge in [-0.2, -0.15) is 0 Å². The molecule has 0 unspecified atom stereocenters. The Morgan fingerprint density at radius 3 is 2.44 bits per heavy atom. The molecular formula is C16H22N4O5. The van der Waals surface area contributed by atoms with Crippen LogP contribution in [0.15, 0.2) is 12.1 Å². The molecule has 0 bridgehead atoms. The molecule has 25 heavy (non-hydrogen) atoms. The zero-order chi connectivity index (χ0) is 18.6. The van der Waals surface area contributed by atoms with Crippen LogP contribution < -0.4 is 10.1 Å². The Morgan fingerprint density at radius 1 is 1.28 bits per heavy atom. The molecule has 0 spiro atoms. The first-order valence-corrected chi connectivity index (χ1v) is 7.92. The number of nitrogens with zero attached hydrogens (tertiary/aromatic N) is 3. The van der Waals surface area contributed by atoms with Gasteiger partial charge in [0.1, 0.15) is 0 Å². The Labute approximate surface area is 145 Å². The molecular weight excluding hydrogens is 328 g/mol. The van der Waals surface area contributed by atoms with Gasteiger partial charge in [-0.05, 0) is 12.5 Å². The second-order valence-corrected chi connectivity index (χ2v) is 5.93. The van der Waals surface area contributed by atoms with Crippen LogP contribution in [-0.2, 0) is 9.59 Å². The van der Waals surface area contributed by atoms with Gasteiger partial charge in [0.2, 0.25) is 11.8 Å². The number of nitrogens with one attached hydrogen (secondary N) is 1. The fourth-order valence-corrected chi connectivity index (χ4v) is 2.73. The Hall–Kier alpha value is -2.68. The number of methoxy groups -OCH3 is 1. The van der Waals surface area contributed by atoms with E-state index in [2.05, 4.69) is 5.32 Å². The number of nitro benzene ring substituents is 1. The zero-order valence-corrected chi connectivity index (χ0v) is 14.6. The second-order valence-electron chi connectivity index (χ2n) is 5.93. The predicted molar refractivity (Wildman–Crippen MR) is 91.7 cm³/mol. The standard InChI is InChI=1S/C16H22N4O5/c1-11-8-14(20(23)24)15(25-3)9-13(11)17-16(22)10-18-4-6-19(7-5-18)12(2)21/h8-9H,4-7,10H2,1-3H3,(H,17,22). The van der Waals surface area contributed by atoms with Crippen LogP contribution in [0.2, 0.25) is 0 Å². The molecule has 1 heterocycles. The third-order valence-corrected chi connectivity index (χ3v) is 4.18. The Bertz CT molecular complexity index is 683. The molecule has 1 aromatic carbocycles. The quantitative estimate of drug-likeness (QED) is 0.628. The van der Waals surface area contributed by atoms with E-state index < -0.39 is 4.92 Å². The van der Waals surface area contributed by atoms with Crippen molar-refractivity contribution in [2.45, 2.75) is 13.8 Å². The summed E-state index contributed by atoms with van der Waals surface area (Å²) in [4.78, 5) is 37.8. The fourth-order valence-electron chi connectivity index (χ4n) is 2.73. The van der Waals surface area contributed by atoms with Crippen molar-refractivity contribution in [3.05, 3.63) is 27.8 Å². The number of carbonyl (C=O) groups is 2. The average Bonchev–Trinajstić information content (AvgIpc) is 2.56. The average molecular weight is 350 g/mol. The first-order valence-electron chi connectivity index (χ1n) is 7.92. The van der Waals surface area contributed by atoms with E-state index in [4.69, 9.17) is 4.74 Å². The van der Waals surface area contributed by atoms with E-state index in [0.717, 1.165) is 0 Å². The first kappa shape index (κ1) is 18.7. The molecule has 2 rings (SSSR count). The lowest BCUT2D eigenvalue weighted by atomic mass is 10.1. The molecule has 1 N–H and O–H groups in total. The number of ether oxygens (including phenoxy) is 1. The maximum absolute atomic E-state index is 12.3. The van der Waals surface area contributed by atoms with Gasteiger partial charge in [-0.25, -0.2) is 0 Å². The SMILES string of the molecule is COc1cc(NC(=O)CN2CCN(C(C)=O)CC2)c(C)cc1[N+](=O)[O-]. The third-order valence-electron chi connectivity index (χ3n) is 4.18. The van der Waals surface area contributed by atoms with E-state index >= 15 is 0 Å². The number of nitro groups is 1. The van der Waals surface area contributed by atoms with Crippen molar-refractivity contribution in [2.24, 2.45) is 0 Å². The Kier molecular flexibility index (Phi) is 5.92. The molecule has 1 aromatic rings. The van der Waals surface area contributed by atoms with Crippen molar-refractivity contribution in [3.63, 3.8) is 0 Å². The second kappa shape index (κ2) is 7.93. The van der Waals surface area contributed by atoms with Crippen molar-refractivity contribution in [3.8, 4) is 5.75 Å². The smallest absolute Gasteiger partial charge is 0.311 e. The van der Waals surface area contributed by atoms with Gasteiger partial charge in [-0.15, -0.1) is 0 Å². The van der Waals surface area contributed by atoms with Gasteiger partial charge >= 0.3 is 5.69 Å². The summed E-state index contributed by atoms with van der Waals surface area (Å²) >= 11 is 0. The summed E-state index contributed by atoms with van der Waals surface area (Å²) in [5.74, 6) is -0.0750. The highest BCUT2D eigenvalue weighted by molar-refractivity contribution is 5.93. The van der Waals surface area contributed by atoms with Gasteiger partial charge in [0, 0.05) is 50.9 Å². The summed E-state index contributed by atoms with van der Waals surface area (Å²) < 4.78 is 5.03. The molecule has 9 nitrogen and oxygen atoms in total. The summed E-state index contributed by atoms with van der Waals surface area (Å²) in [5, 5.41) is 13.8. The van der Waals surface area contributed by atoms with Crippen molar-refractivity contribution in [1.29, 1.82) is 0 Å². The summed E-state index contributed by atoms with van der Waals surface area (Å²) in [7, 11) is 1.35. The maximum atomic E-state index is 12.3. The van der Waals surface area contributed by atoms with Gasteiger partial charge in [-0.3, -0.25) is 24.6 Å². The molecule has 0 radical (unpaired) electrons. The maximum Gasteiger partial charge on any atom is 0.311 e. The van der Waals surface area contributed by atoms with E-state index in [1.165, 1.54) is 26.2 Å². The molecule has 1 saturated heterocycles. The minimum absolute atomic E-state index is 0.0395. The van der Waals surface area contributed by atoms with Gasteiger partial charge in [0.25, 0.3) is 0 Å². The van der Waals surface area contributed by atoms with Crippen molar-refractivity contribution >= 4 is 23.2 Å². The molecule has 0 aliphatic carbocycles. The number of hydrogen-bond donors (Lipinski definition) is 1. The third kappa shape index (κ3) is 4.66. The van der Waals surface area contributed by atoms with E-state index in [1.54, 1.807) is 11.8 Å².